The molecule has 0 saturated carbocycles. The Hall–Kier alpha value is -1.57. The van der Waals surface area contributed by atoms with E-state index in [1.807, 2.05) is 19.4 Å². The molecule has 1 aromatic heterocycles. The lowest BCUT2D eigenvalue weighted by Crippen LogP contribution is -1.98. The molecule has 0 atom stereocenters. The van der Waals surface area contributed by atoms with Crippen molar-refractivity contribution < 1.29 is 0 Å². The van der Waals surface area contributed by atoms with Crippen molar-refractivity contribution in [3.05, 3.63) is 53.6 Å². The second-order valence-corrected chi connectivity index (χ2v) is 4.53. The van der Waals surface area contributed by atoms with Crippen molar-refractivity contribution in [3.63, 3.8) is 0 Å². The standard InChI is InChI=1S/C14H18N2/c1-11(2)13-6-4-12(5-7-13)10-14-15-8-9-16(14)3/h4-9,11H,10H2,1-3H3. The molecule has 0 amide bonds. The van der Waals surface area contributed by atoms with Crippen LogP contribution < -0.4 is 0 Å². The average molecular weight is 214 g/mol. The third-order valence-electron chi connectivity index (χ3n) is 2.93. The lowest BCUT2D eigenvalue weighted by atomic mass is 10.0. The molecule has 0 saturated heterocycles. The zero-order valence-corrected chi connectivity index (χ0v) is 10.1. The molecule has 2 nitrogen and oxygen atoms in total. The fourth-order valence-corrected chi connectivity index (χ4v) is 1.77. The van der Waals surface area contributed by atoms with E-state index in [-0.39, 0.29) is 0 Å². The van der Waals surface area contributed by atoms with E-state index >= 15 is 0 Å². The minimum atomic E-state index is 0.599. The fraction of sp³-hybridized carbons (Fsp3) is 0.357. The number of aryl methyl sites for hydroxylation is 1. The van der Waals surface area contributed by atoms with Gasteiger partial charge < -0.3 is 4.57 Å². The minimum Gasteiger partial charge on any atom is -0.338 e. The number of benzene rings is 1. The van der Waals surface area contributed by atoms with Crippen LogP contribution in [-0.2, 0) is 13.5 Å². The van der Waals surface area contributed by atoms with E-state index in [2.05, 4.69) is 47.7 Å². The van der Waals surface area contributed by atoms with Crippen LogP contribution >= 0.6 is 0 Å². The molecule has 0 aliphatic heterocycles. The van der Waals surface area contributed by atoms with Gasteiger partial charge in [-0.3, -0.25) is 0 Å². The first kappa shape index (κ1) is 10.9. The molecule has 1 heterocycles. The number of rotatable bonds is 3. The molecule has 2 heteroatoms. The topological polar surface area (TPSA) is 17.8 Å². The summed E-state index contributed by atoms with van der Waals surface area (Å²) >= 11 is 0. The minimum absolute atomic E-state index is 0.599. The van der Waals surface area contributed by atoms with E-state index in [9.17, 15) is 0 Å². The Kier molecular flexibility index (Phi) is 3.09. The predicted molar refractivity (Wildman–Crippen MR) is 66.5 cm³/mol. The highest BCUT2D eigenvalue weighted by atomic mass is 15.0. The van der Waals surface area contributed by atoms with Crippen molar-refractivity contribution >= 4 is 0 Å². The van der Waals surface area contributed by atoms with Crippen LogP contribution in [-0.4, -0.2) is 9.55 Å². The van der Waals surface area contributed by atoms with Crippen LogP contribution in [0.25, 0.3) is 0 Å². The van der Waals surface area contributed by atoms with Crippen LogP contribution in [0.15, 0.2) is 36.7 Å². The van der Waals surface area contributed by atoms with Gasteiger partial charge in [-0.05, 0) is 17.0 Å². The normalized spacial score (nSPS) is 11.0. The van der Waals surface area contributed by atoms with Gasteiger partial charge in [0.2, 0.25) is 0 Å². The quantitative estimate of drug-likeness (QED) is 0.767. The lowest BCUT2D eigenvalue weighted by Gasteiger charge is -2.07. The number of nitrogens with zero attached hydrogens (tertiary/aromatic N) is 2. The Morgan fingerprint density at radius 1 is 1.19 bits per heavy atom. The van der Waals surface area contributed by atoms with E-state index < -0.39 is 0 Å². The van der Waals surface area contributed by atoms with Crippen molar-refractivity contribution in [2.75, 3.05) is 0 Å². The summed E-state index contributed by atoms with van der Waals surface area (Å²) in [5.41, 5.74) is 2.71. The Labute approximate surface area is 97.0 Å². The molecule has 0 bridgehead atoms. The second-order valence-electron chi connectivity index (χ2n) is 4.53. The lowest BCUT2D eigenvalue weighted by molar-refractivity contribution is 0.819. The Balaban J connectivity index is 2.14. The van der Waals surface area contributed by atoms with Gasteiger partial charge in [0.25, 0.3) is 0 Å². The summed E-state index contributed by atoms with van der Waals surface area (Å²) in [6, 6.07) is 8.82. The number of aromatic nitrogens is 2. The fourth-order valence-electron chi connectivity index (χ4n) is 1.77. The average Bonchev–Trinajstić information content (AvgIpc) is 2.65. The van der Waals surface area contributed by atoms with Gasteiger partial charge in [0.1, 0.15) is 5.82 Å². The summed E-state index contributed by atoms with van der Waals surface area (Å²) in [5, 5.41) is 0. The van der Waals surface area contributed by atoms with Crippen molar-refractivity contribution in [1.29, 1.82) is 0 Å². The summed E-state index contributed by atoms with van der Waals surface area (Å²) in [6.07, 6.45) is 4.73. The molecule has 0 aliphatic rings. The van der Waals surface area contributed by atoms with Crippen molar-refractivity contribution in [1.82, 2.24) is 9.55 Å². The van der Waals surface area contributed by atoms with Gasteiger partial charge in [0.15, 0.2) is 0 Å². The molecular formula is C14H18N2. The maximum absolute atomic E-state index is 4.33. The molecule has 16 heavy (non-hydrogen) atoms. The highest BCUT2D eigenvalue weighted by molar-refractivity contribution is 5.26. The molecule has 1 aromatic carbocycles. The highest BCUT2D eigenvalue weighted by Crippen LogP contribution is 2.16. The van der Waals surface area contributed by atoms with Crippen LogP contribution in [0.1, 0.15) is 36.7 Å². The molecule has 0 radical (unpaired) electrons. The number of hydrogen-bond donors (Lipinski definition) is 0. The van der Waals surface area contributed by atoms with Crippen LogP contribution in [0, 0.1) is 0 Å². The maximum Gasteiger partial charge on any atom is 0.112 e. The zero-order chi connectivity index (χ0) is 11.5. The van der Waals surface area contributed by atoms with Crippen LogP contribution in [0.4, 0.5) is 0 Å². The summed E-state index contributed by atoms with van der Waals surface area (Å²) in [7, 11) is 2.03. The SMILES string of the molecule is CC(C)c1ccc(Cc2nccn2C)cc1. The third-order valence-corrected chi connectivity index (χ3v) is 2.93. The molecule has 0 N–H and O–H groups in total. The Morgan fingerprint density at radius 2 is 1.88 bits per heavy atom. The molecule has 0 aliphatic carbocycles. The van der Waals surface area contributed by atoms with E-state index in [1.165, 1.54) is 11.1 Å². The maximum atomic E-state index is 4.33. The van der Waals surface area contributed by atoms with Gasteiger partial charge >= 0.3 is 0 Å². The molecule has 84 valence electrons. The van der Waals surface area contributed by atoms with Gasteiger partial charge in [0.05, 0.1) is 0 Å². The third kappa shape index (κ3) is 2.32. The first-order valence-electron chi connectivity index (χ1n) is 5.72. The van der Waals surface area contributed by atoms with E-state index in [1.54, 1.807) is 0 Å². The number of hydrogen-bond acceptors (Lipinski definition) is 1. The molecule has 0 unspecified atom stereocenters. The van der Waals surface area contributed by atoms with Gasteiger partial charge in [0, 0.05) is 25.9 Å². The first-order chi connectivity index (χ1) is 7.66. The smallest absolute Gasteiger partial charge is 0.112 e. The largest absolute Gasteiger partial charge is 0.338 e. The Morgan fingerprint density at radius 3 is 2.38 bits per heavy atom. The van der Waals surface area contributed by atoms with E-state index in [0.29, 0.717) is 5.92 Å². The molecule has 2 rings (SSSR count). The Bertz CT molecular complexity index is 452. The van der Waals surface area contributed by atoms with Crippen molar-refractivity contribution in [2.45, 2.75) is 26.2 Å². The van der Waals surface area contributed by atoms with Gasteiger partial charge in [-0.2, -0.15) is 0 Å². The van der Waals surface area contributed by atoms with Crippen LogP contribution in [0.2, 0.25) is 0 Å². The monoisotopic (exact) mass is 214 g/mol. The summed E-state index contributed by atoms with van der Waals surface area (Å²) in [5.74, 6) is 1.71. The first-order valence-corrected chi connectivity index (χ1v) is 5.72. The molecule has 0 spiro atoms. The van der Waals surface area contributed by atoms with Crippen molar-refractivity contribution in [2.24, 2.45) is 7.05 Å². The summed E-state index contributed by atoms with van der Waals surface area (Å²) < 4.78 is 2.07. The van der Waals surface area contributed by atoms with Crippen LogP contribution in [0.5, 0.6) is 0 Å². The summed E-state index contributed by atoms with van der Waals surface area (Å²) in [6.45, 7) is 4.43. The zero-order valence-electron chi connectivity index (χ0n) is 10.1. The molecule has 0 fully saturated rings. The van der Waals surface area contributed by atoms with Gasteiger partial charge in [-0.25, -0.2) is 4.98 Å². The van der Waals surface area contributed by atoms with E-state index in [4.69, 9.17) is 0 Å². The molecular weight excluding hydrogens is 196 g/mol. The number of imidazole rings is 1. The van der Waals surface area contributed by atoms with Crippen LogP contribution in [0.3, 0.4) is 0 Å². The van der Waals surface area contributed by atoms with Gasteiger partial charge in [-0.1, -0.05) is 38.1 Å². The van der Waals surface area contributed by atoms with Crippen molar-refractivity contribution in [3.8, 4) is 0 Å². The van der Waals surface area contributed by atoms with E-state index in [0.717, 1.165) is 12.2 Å². The summed E-state index contributed by atoms with van der Waals surface area (Å²) in [4.78, 5) is 4.33. The second kappa shape index (κ2) is 4.52. The van der Waals surface area contributed by atoms with Gasteiger partial charge in [-0.15, -0.1) is 0 Å². The molecule has 2 aromatic rings. The predicted octanol–water partition coefficient (Wildman–Crippen LogP) is 3.13. The highest BCUT2D eigenvalue weighted by Gasteiger charge is 2.02.